The Morgan fingerprint density at radius 2 is 0.497 bits per heavy atom. The number of hydrogen-bond acceptors (Lipinski definition) is 16. The maximum absolute atomic E-state index is 14.3. The second-order valence-corrected chi connectivity index (χ2v) is 41.8. The fraction of sp³-hybridized carbons (Fsp3) is 0.408. The number of carbonyl (C=O) groups is 6. The molecular formula is C120H139F6N15O6. The molecular weight excluding hydrogens is 1860 g/mol. The van der Waals surface area contributed by atoms with E-state index in [1.54, 1.807) is 26.0 Å². The van der Waals surface area contributed by atoms with E-state index in [-0.39, 0.29) is 34.1 Å². The second kappa shape index (κ2) is 49.1. The molecule has 0 radical (unpaired) electrons. The topological polar surface area (TPSA) is 241 Å². The van der Waals surface area contributed by atoms with Crippen LogP contribution in [0, 0.1) is 80.6 Å². The van der Waals surface area contributed by atoms with E-state index in [4.69, 9.17) is 29.8 Å². The second-order valence-electron chi connectivity index (χ2n) is 41.8. The van der Waals surface area contributed by atoms with Crippen LogP contribution >= 0.6 is 0 Å². The molecule has 0 saturated heterocycles. The van der Waals surface area contributed by atoms with Crippen molar-refractivity contribution in [3.8, 4) is 0 Å². The lowest BCUT2D eigenvalue weighted by atomic mass is 9.84. The zero-order valence-corrected chi connectivity index (χ0v) is 87.4. The van der Waals surface area contributed by atoms with Gasteiger partial charge in [0.05, 0.1) is 102 Å². The molecule has 5 amide bonds. The van der Waals surface area contributed by atoms with Crippen molar-refractivity contribution in [2.45, 2.75) is 220 Å². The number of amides is 5. The molecule has 147 heavy (non-hydrogen) atoms. The van der Waals surface area contributed by atoms with Crippen LogP contribution in [0.4, 0.5) is 116 Å². The van der Waals surface area contributed by atoms with Crippen LogP contribution in [0.1, 0.15) is 262 Å². The molecule has 0 bridgehead atoms. The molecule has 0 unspecified atom stereocenters. The minimum absolute atomic E-state index is 0.0483. The molecule has 5 N–H and O–H groups in total. The maximum Gasteiger partial charge on any atom is 0.483 e. The van der Waals surface area contributed by atoms with Crippen molar-refractivity contribution in [2.24, 2.45) is 54.6 Å². The van der Waals surface area contributed by atoms with Crippen LogP contribution in [0.5, 0.6) is 0 Å². The highest BCUT2D eigenvalue weighted by Gasteiger charge is 2.35. The third-order valence-electron chi connectivity index (χ3n) is 29.8. The molecule has 5 aliphatic heterocycles. The summed E-state index contributed by atoms with van der Waals surface area (Å²) in [6.07, 6.45) is 33.6. The Balaban J connectivity index is 0.000000136. The molecule has 5 saturated carbocycles. The lowest BCUT2D eigenvalue weighted by Gasteiger charge is -2.21. The Kier molecular flexibility index (Phi) is 35.9. The predicted molar refractivity (Wildman–Crippen MR) is 589 cm³/mol. The lowest BCUT2D eigenvalue weighted by Crippen LogP contribution is -2.19. The van der Waals surface area contributed by atoms with Gasteiger partial charge in [-0.15, -0.1) is 8.78 Å². The average molecular weight is 2000 g/mol. The zero-order chi connectivity index (χ0) is 105. The molecule has 0 aromatic heterocycles. The number of benzene rings is 10. The zero-order valence-electron chi connectivity index (χ0n) is 87.4. The van der Waals surface area contributed by atoms with Crippen molar-refractivity contribution < 1.29 is 55.1 Å². The number of anilines is 10. The smallest absolute Gasteiger partial charge is 0.376 e. The van der Waals surface area contributed by atoms with Gasteiger partial charge in [-0.25, -0.2) is 22.4 Å². The molecule has 0 spiro atoms. The van der Waals surface area contributed by atoms with Gasteiger partial charge in [0.15, 0.2) is 11.6 Å². The summed E-state index contributed by atoms with van der Waals surface area (Å²) in [6, 6.07) is 49.5. The molecule has 27 heteroatoms. The van der Waals surface area contributed by atoms with Crippen LogP contribution in [0.2, 0.25) is 0 Å². The van der Waals surface area contributed by atoms with Crippen molar-refractivity contribution in [3.63, 3.8) is 0 Å². The van der Waals surface area contributed by atoms with E-state index in [0.717, 1.165) is 123 Å². The van der Waals surface area contributed by atoms with Crippen molar-refractivity contribution in [1.29, 1.82) is 0 Å². The summed E-state index contributed by atoms with van der Waals surface area (Å²) < 4.78 is 76.1. The molecule has 20 rings (SSSR count). The van der Waals surface area contributed by atoms with E-state index in [1.807, 2.05) is 183 Å². The van der Waals surface area contributed by atoms with Gasteiger partial charge in [-0.1, -0.05) is 150 Å². The van der Waals surface area contributed by atoms with Crippen LogP contribution in [-0.2, 0) is 32.1 Å². The summed E-state index contributed by atoms with van der Waals surface area (Å²) in [6.45, 7) is 7.09. The van der Waals surface area contributed by atoms with E-state index in [0.29, 0.717) is 57.8 Å². The van der Waals surface area contributed by atoms with Crippen molar-refractivity contribution in [3.05, 3.63) is 265 Å². The van der Waals surface area contributed by atoms with Crippen LogP contribution in [0.15, 0.2) is 189 Å². The minimum Gasteiger partial charge on any atom is -0.376 e. The highest BCUT2D eigenvalue weighted by molar-refractivity contribution is 6.12. The first-order valence-corrected chi connectivity index (χ1v) is 52.1. The van der Waals surface area contributed by atoms with Crippen LogP contribution in [-0.4, -0.2) is 135 Å². The number of halogens is 6. The minimum atomic E-state index is -2.83. The number of fused-ring (bicyclic) bond motifs is 5. The SMILES string of the molecule is CN(C)c1cc2c(cc1NC(=O)c1ccccc1)N=C(C1CCCCC1)C2.Cc1ccc(C(=O)Nc2cc3c(cc2N(C)C)CC(C2CCCCC2)=N3)c(F)c1.Cc1ccc(C(=O)Nc2cc3c(cc2N(C)C)CC(C2CCCCC2)=N3)c(F)c1.Cc1ccc(C(=O)Nc2cc3c(cc2N(C)C)CC(C2CCCCC2)=N3)c(F)c1F.Cc1ccc(C(=O)Nc2cc3c(cc2N(C)C)CC(C2CCCCC2)=N3)cc1.O=C(F)F. The molecule has 10 aromatic carbocycles. The summed E-state index contributed by atoms with van der Waals surface area (Å²) in [5.41, 5.74) is 29.5. The van der Waals surface area contributed by atoms with Crippen LogP contribution in [0.25, 0.3) is 0 Å². The Morgan fingerprint density at radius 1 is 0.265 bits per heavy atom. The Morgan fingerprint density at radius 3 is 0.748 bits per heavy atom. The molecule has 10 aromatic rings. The van der Waals surface area contributed by atoms with Crippen molar-refractivity contribution in [2.75, 3.05) is 122 Å². The molecule has 0 atom stereocenters. The standard InChI is InChI=1S/C24H27F2N3O.2C24H28FN3O.C24H29N3O.C23H27N3O.CF2O/c1-14-9-10-17(23(26)22(14)25)24(30)28-20-13-19-16(12-21(20)29(2)3)11-18(27-19)15-7-5-4-6-8-15;2*1-15-9-10-18(19(25)11-15)24(29)27-22-14-21-17(13-23(22)28(2)3)12-20(26-21)16-7-5-4-6-8-16;1-16-9-11-18(12-10-16)24(28)26-22-15-21-19(14-23(22)27(2)3)13-20(25-21)17-7-5-4-6-8-17;1-26(2)22-14-18-13-19(16-9-5-3-6-10-16)24-20(18)15-21(22)25-23(27)17-11-7-4-8-12-17;2-1(3)4/h9-10,12-13,15H,4-8,11H2,1-3H3,(H,28,30);2*9-11,13-14,16H,4-8,12H2,1-3H3,(H,27,29);9-12,14-15,17H,4-8,13H2,1-3H3,(H,26,28);4,7-8,11-12,14-16H,3,5-6,9-10,13H2,1-2H3,(H,25,27);. The summed E-state index contributed by atoms with van der Waals surface area (Å²) in [7, 11) is 19.6. The Bertz CT molecular complexity index is 6530. The van der Waals surface area contributed by atoms with Gasteiger partial charge in [0.2, 0.25) is 0 Å². The van der Waals surface area contributed by atoms with Gasteiger partial charge >= 0.3 is 6.29 Å². The normalized spacial score (nSPS) is 16.1. The first-order valence-electron chi connectivity index (χ1n) is 52.1. The van der Waals surface area contributed by atoms with Gasteiger partial charge < -0.3 is 51.1 Å². The third kappa shape index (κ3) is 27.1. The largest absolute Gasteiger partial charge is 0.483 e. The number of aryl methyl sites for hydroxylation is 4. The number of hydrogen-bond donors (Lipinski definition) is 5. The van der Waals surface area contributed by atoms with E-state index in [2.05, 4.69) is 60.6 Å². The van der Waals surface area contributed by atoms with Crippen molar-refractivity contribution >= 4 is 150 Å². The quantitative estimate of drug-likeness (QED) is 0.0355. The highest BCUT2D eigenvalue weighted by Crippen LogP contribution is 2.48. The number of rotatable bonds is 20. The average Bonchev–Trinajstić information content (AvgIpc) is 1.67. The predicted octanol–water partition coefficient (Wildman–Crippen LogP) is 28.9. The number of aliphatic imine (C=N–C) groups is 5. The van der Waals surface area contributed by atoms with Gasteiger partial charge in [-0.3, -0.25) is 48.9 Å². The molecule has 5 heterocycles. The highest BCUT2D eigenvalue weighted by atomic mass is 19.3. The van der Waals surface area contributed by atoms with Gasteiger partial charge in [0, 0.05) is 142 Å². The first kappa shape index (κ1) is 107. The third-order valence-corrected chi connectivity index (χ3v) is 29.8. The molecule has 5 aliphatic carbocycles. The summed E-state index contributed by atoms with van der Waals surface area (Å²) >= 11 is 0. The van der Waals surface area contributed by atoms with Crippen molar-refractivity contribution in [1.82, 2.24) is 0 Å². The Labute approximate surface area is 861 Å². The van der Waals surface area contributed by atoms with Crippen LogP contribution < -0.4 is 51.1 Å². The lowest BCUT2D eigenvalue weighted by molar-refractivity contribution is 0.101. The fourth-order valence-electron chi connectivity index (χ4n) is 21.7. The molecule has 772 valence electrons. The number of nitrogens with zero attached hydrogens (tertiary/aromatic N) is 10. The Hall–Kier alpha value is -13.9. The van der Waals surface area contributed by atoms with E-state index in [9.17, 15) is 50.3 Å². The number of carbonyl (C=O) groups excluding carboxylic acids is 6. The van der Waals surface area contributed by atoms with E-state index in [1.165, 1.54) is 255 Å². The van der Waals surface area contributed by atoms with E-state index < -0.39 is 47.3 Å². The van der Waals surface area contributed by atoms with Gasteiger partial charge in [0.25, 0.3) is 29.5 Å². The number of nitrogens with one attached hydrogen (secondary N) is 5. The fourth-order valence-corrected chi connectivity index (χ4v) is 21.7. The molecule has 10 aliphatic rings. The van der Waals surface area contributed by atoms with Gasteiger partial charge in [-0.05, 0) is 281 Å². The maximum atomic E-state index is 14.3. The monoisotopic (exact) mass is 2000 g/mol. The summed E-state index contributed by atoms with van der Waals surface area (Å²) in [5.74, 6) is -1.90. The van der Waals surface area contributed by atoms with Gasteiger partial charge in [-0.2, -0.15) is 0 Å². The summed E-state index contributed by atoms with van der Waals surface area (Å²) in [5, 5.41) is 14.8. The molecule has 5 fully saturated rings. The summed E-state index contributed by atoms with van der Waals surface area (Å²) in [4.78, 5) is 106. The first-order chi connectivity index (χ1) is 70.5. The van der Waals surface area contributed by atoms with Crippen LogP contribution in [0.3, 0.4) is 0 Å². The van der Waals surface area contributed by atoms with E-state index >= 15 is 0 Å². The molecule has 21 nitrogen and oxygen atoms in total. The van der Waals surface area contributed by atoms with Gasteiger partial charge in [0.1, 0.15) is 11.6 Å².